The van der Waals surface area contributed by atoms with E-state index in [1.807, 2.05) is 60.0 Å². The molecule has 4 aromatic rings. The average molecular weight is 420 g/mol. The predicted molar refractivity (Wildman–Crippen MR) is 118 cm³/mol. The third-order valence-corrected chi connectivity index (χ3v) is 5.52. The SMILES string of the molecule is COc1ccc(-c2nn(-c3ccccc3)cc2C(=O)NCc2cccs2)c(OC)c1. The van der Waals surface area contributed by atoms with Crippen LogP contribution in [0, 0.1) is 0 Å². The first-order valence-corrected chi connectivity index (χ1v) is 10.3. The van der Waals surface area contributed by atoms with Crippen LogP contribution in [0.1, 0.15) is 15.2 Å². The van der Waals surface area contributed by atoms with E-state index in [0.29, 0.717) is 34.9 Å². The molecule has 0 bridgehead atoms. The number of carbonyl (C=O) groups excluding carboxylic acids is 1. The zero-order chi connectivity index (χ0) is 20.9. The molecule has 0 aliphatic carbocycles. The highest BCUT2D eigenvalue weighted by Crippen LogP contribution is 2.34. The Labute approximate surface area is 178 Å². The molecule has 2 aromatic heterocycles. The van der Waals surface area contributed by atoms with Gasteiger partial charge in [-0.1, -0.05) is 24.3 Å². The van der Waals surface area contributed by atoms with E-state index in [9.17, 15) is 4.79 Å². The number of rotatable bonds is 7. The summed E-state index contributed by atoms with van der Waals surface area (Å²) in [6.45, 7) is 0.464. The monoisotopic (exact) mass is 419 g/mol. The molecule has 0 radical (unpaired) electrons. The van der Waals surface area contributed by atoms with E-state index < -0.39 is 0 Å². The van der Waals surface area contributed by atoms with E-state index in [2.05, 4.69) is 5.32 Å². The number of ether oxygens (including phenoxy) is 2. The number of methoxy groups -OCH3 is 2. The third kappa shape index (κ3) is 4.06. The summed E-state index contributed by atoms with van der Waals surface area (Å²) in [7, 11) is 3.19. The summed E-state index contributed by atoms with van der Waals surface area (Å²) in [4.78, 5) is 14.2. The zero-order valence-corrected chi connectivity index (χ0v) is 17.5. The van der Waals surface area contributed by atoms with Crippen LogP contribution in [-0.2, 0) is 6.54 Å². The Bertz CT molecular complexity index is 1140. The van der Waals surface area contributed by atoms with Gasteiger partial charge in [-0.3, -0.25) is 4.79 Å². The Hall–Kier alpha value is -3.58. The molecule has 0 fully saturated rings. The van der Waals surface area contributed by atoms with Crippen LogP contribution in [0.25, 0.3) is 16.9 Å². The molecule has 6 nitrogen and oxygen atoms in total. The van der Waals surface area contributed by atoms with Crippen LogP contribution in [0.4, 0.5) is 0 Å². The van der Waals surface area contributed by atoms with Gasteiger partial charge in [0.2, 0.25) is 0 Å². The van der Waals surface area contributed by atoms with Crippen molar-refractivity contribution in [1.29, 1.82) is 0 Å². The molecule has 0 saturated carbocycles. The molecule has 1 N–H and O–H groups in total. The summed E-state index contributed by atoms with van der Waals surface area (Å²) in [5.41, 5.74) is 2.60. The topological polar surface area (TPSA) is 65.4 Å². The molecule has 4 rings (SSSR count). The number of nitrogens with zero attached hydrogens (tertiary/aromatic N) is 2. The van der Waals surface area contributed by atoms with E-state index in [0.717, 1.165) is 10.6 Å². The van der Waals surface area contributed by atoms with Crippen molar-refractivity contribution in [1.82, 2.24) is 15.1 Å². The number of nitrogens with one attached hydrogen (secondary N) is 1. The van der Waals surface area contributed by atoms with Crippen LogP contribution >= 0.6 is 11.3 Å². The van der Waals surface area contributed by atoms with Gasteiger partial charge < -0.3 is 14.8 Å². The van der Waals surface area contributed by atoms with Gasteiger partial charge in [0.1, 0.15) is 17.2 Å². The molecule has 0 unspecified atom stereocenters. The summed E-state index contributed by atoms with van der Waals surface area (Å²) >= 11 is 1.60. The average Bonchev–Trinajstić information content (AvgIpc) is 3.48. The molecule has 0 saturated heterocycles. The molecule has 30 heavy (non-hydrogen) atoms. The lowest BCUT2D eigenvalue weighted by Crippen LogP contribution is -2.22. The van der Waals surface area contributed by atoms with Gasteiger partial charge in [0, 0.05) is 22.7 Å². The zero-order valence-electron chi connectivity index (χ0n) is 16.7. The quantitative estimate of drug-likeness (QED) is 0.477. The van der Waals surface area contributed by atoms with Crippen molar-refractivity contribution < 1.29 is 14.3 Å². The number of aromatic nitrogens is 2. The van der Waals surface area contributed by atoms with Crippen molar-refractivity contribution >= 4 is 17.2 Å². The first-order valence-electron chi connectivity index (χ1n) is 9.37. The highest BCUT2D eigenvalue weighted by Gasteiger charge is 2.21. The van der Waals surface area contributed by atoms with Crippen molar-refractivity contribution in [3.63, 3.8) is 0 Å². The summed E-state index contributed by atoms with van der Waals surface area (Å²) < 4.78 is 12.6. The second-order valence-corrected chi connectivity index (χ2v) is 7.53. The van der Waals surface area contributed by atoms with E-state index in [1.165, 1.54) is 0 Å². The highest BCUT2D eigenvalue weighted by molar-refractivity contribution is 7.09. The van der Waals surface area contributed by atoms with Crippen LogP contribution in [-0.4, -0.2) is 29.9 Å². The van der Waals surface area contributed by atoms with E-state index >= 15 is 0 Å². The molecule has 1 amide bonds. The lowest BCUT2D eigenvalue weighted by Gasteiger charge is -2.10. The van der Waals surface area contributed by atoms with Gasteiger partial charge >= 0.3 is 0 Å². The summed E-state index contributed by atoms with van der Waals surface area (Å²) in [6.07, 6.45) is 1.75. The Morgan fingerprint density at radius 2 is 1.90 bits per heavy atom. The van der Waals surface area contributed by atoms with Crippen LogP contribution in [0.15, 0.2) is 72.2 Å². The number of para-hydroxylation sites is 1. The van der Waals surface area contributed by atoms with Crippen molar-refractivity contribution in [2.75, 3.05) is 14.2 Å². The van der Waals surface area contributed by atoms with Crippen molar-refractivity contribution in [2.24, 2.45) is 0 Å². The number of hydrogen-bond donors (Lipinski definition) is 1. The number of thiophene rings is 1. The number of hydrogen-bond acceptors (Lipinski definition) is 5. The van der Waals surface area contributed by atoms with Crippen LogP contribution in [0.3, 0.4) is 0 Å². The molecule has 0 aliphatic rings. The summed E-state index contributed by atoms with van der Waals surface area (Å²) in [5, 5.41) is 9.70. The Morgan fingerprint density at radius 3 is 2.60 bits per heavy atom. The fourth-order valence-electron chi connectivity index (χ4n) is 3.12. The number of carbonyl (C=O) groups is 1. The Balaban J connectivity index is 1.76. The van der Waals surface area contributed by atoms with Gasteiger partial charge in [-0.15, -0.1) is 11.3 Å². The number of benzene rings is 2. The van der Waals surface area contributed by atoms with Gasteiger partial charge in [0.15, 0.2) is 0 Å². The van der Waals surface area contributed by atoms with Crippen molar-refractivity contribution in [3.05, 3.63) is 82.7 Å². The lowest BCUT2D eigenvalue weighted by molar-refractivity contribution is 0.0952. The van der Waals surface area contributed by atoms with E-state index in [4.69, 9.17) is 14.6 Å². The molecular formula is C23H21N3O3S. The first kappa shape index (κ1) is 19.7. The van der Waals surface area contributed by atoms with Gasteiger partial charge in [-0.2, -0.15) is 5.10 Å². The second-order valence-electron chi connectivity index (χ2n) is 6.50. The maximum atomic E-state index is 13.1. The maximum absolute atomic E-state index is 13.1. The molecule has 0 spiro atoms. The standard InChI is InChI=1S/C23H21N3O3S/c1-28-17-10-11-19(21(13-17)29-2)22-20(23(27)24-14-18-9-6-12-30-18)15-26(25-22)16-7-4-3-5-8-16/h3-13,15H,14H2,1-2H3,(H,24,27). The minimum absolute atomic E-state index is 0.196. The fraction of sp³-hybridized carbons (Fsp3) is 0.130. The third-order valence-electron chi connectivity index (χ3n) is 4.65. The normalized spacial score (nSPS) is 10.6. The number of amides is 1. The summed E-state index contributed by atoms with van der Waals surface area (Å²) in [5.74, 6) is 1.06. The van der Waals surface area contributed by atoms with Crippen LogP contribution in [0.5, 0.6) is 11.5 Å². The Kier molecular flexibility index (Phi) is 5.81. The highest BCUT2D eigenvalue weighted by atomic mass is 32.1. The molecular weight excluding hydrogens is 398 g/mol. The molecule has 2 heterocycles. The summed E-state index contributed by atoms with van der Waals surface area (Å²) in [6, 6.07) is 19.1. The van der Waals surface area contributed by atoms with Gasteiger partial charge in [0.05, 0.1) is 32.0 Å². The molecule has 7 heteroatoms. The molecule has 0 atom stereocenters. The van der Waals surface area contributed by atoms with Crippen LogP contribution < -0.4 is 14.8 Å². The predicted octanol–water partition coefficient (Wildman–Crippen LogP) is 4.55. The second kappa shape index (κ2) is 8.84. The Morgan fingerprint density at radius 1 is 1.07 bits per heavy atom. The molecule has 0 aliphatic heterocycles. The molecule has 152 valence electrons. The minimum atomic E-state index is -0.196. The largest absolute Gasteiger partial charge is 0.497 e. The van der Waals surface area contributed by atoms with E-state index in [-0.39, 0.29) is 5.91 Å². The lowest BCUT2D eigenvalue weighted by atomic mass is 10.1. The first-order chi connectivity index (χ1) is 14.7. The van der Waals surface area contributed by atoms with Crippen LogP contribution in [0.2, 0.25) is 0 Å². The van der Waals surface area contributed by atoms with Crippen molar-refractivity contribution in [3.8, 4) is 28.4 Å². The van der Waals surface area contributed by atoms with Crippen molar-refractivity contribution in [2.45, 2.75) is 6.54 Å². The van der Waals surface area contributed by atoms with Gasteiger partial charge in [-0.05, 0) is 35.7 Å². The molecule has 2 aromatic carbocycles. The smallest absolute Gasteiger partial charge is 0.255 e. The minimum Gasteiger partial charge on any atom is -0.497 e. The van der Waals surface area contributed by atoms with Gasteiger partial charge in [0.25, 0.3) is 5.91 Å². The van der Waals surface area contributed by atoms with E-state index in [1.54, 1.807) is 42.5 Å². The maximum Gasteiger partial charge on any atom is 0.255 e. The van der Waals surface area contributed by atoms with Gasteiger partial charge in [-0.25, -0.2) is 4.68 Å². The fourth-order valence-corrected chi connectivity index (χ4v) is 3.77.